The molecule has 1 aliphatic heterocycles. The van der Waals surface area contributed by atoms with E-state index in [1.807, 2.05) is 0 Å². The summed E-state index contributed by atoms with van der Waals surface area (Å²) in [5.74, 6) is 0. The van der Waals surface area contributed by atoms with E-state index in [9.17, 15) is 4.79 Å². The van der Waals surface area contributed by atoms with Crippen LogP contribution in [0.25, 0.3) is 0 Å². The average molecular weight is 172 g/mol. The van der Waals surface area contributed by atoms with Gasteiger partial charge in [0, 0.05) is 13.1 Å². The Labute approximate surface area is 72.4 Å². The van der Waals surface area contributed by atoms with Crippen molar-refractivity contribution in [2.24, 2.45) is 0 Å². The molecule has 0 aromatic heterocycles. The van der Waals surface area contributed by atoms with Crippen LogP contribution in [0.4, 0.5) is 0 Å². The monoisotopic (exact) mass is 172 g/mol. The van der Waals surface area contributed by atoms with Crippen LogP contribution in [0.1, 0.15) is 12.8 Å². The average Bonchev–Trinajstić information content (AvgIpc) is 2.09. The Morgan fingerprint density at radius 3 is 2.75 bits per heavy atom. The molecular weight excluding hydrogens is 158 g/mol. The summed E-state index contributed by atoms with van der Waals surface area (Å²) in [5.41, 5.74) is 0. The van der Waals surface area contributed by atoms with Gasteiger partial charge in [0.2, 0.25) is 0 Å². The summed E-state index contributed by atoms with van der Waals surface area (Å²) >= 11 is 0. The lowest BCUT2D eigenvalue weighted by molar-refractivity contribution is -0.0629. The third-order valence-corrected chi connectivity index (χ3v) is 2.09. The van der Waals surface area contributed by atoms with E-state index in [0.717, 1.165) is 25.9 Å². The van der Waals surface area contributed by atoms with Gasteiger partial charge in [-0.15, -0.1) is 0 Å². The maximum absolute atomic E-state index is 9.66. The molecule has 1 radical (unpaired) electrons. The number of hydrogen-bond acceptors (Lipinski definition) is 4. The SMILES string of the molecule is CN1CCC(OCO[C]=O)CC1. The minimum atomic E-state index is 0.0396. The molecule has 0 saturated carbocycles. The molecular formula is C8H14NO3. The lowest BCUT2D eigenvalue weighted by Crippen LogP contribution is -2.34. The third kappa shape index (κ3) is 3.19. The minimum absolute atomic E-state index is 0.0396. The number of rotatable bonds is 4. The van der Waals surface area contributed by atoms with Gasteiger partial charge in [0.25, 0.3) is 0 Å². The Hall–Kier alpha value is -0.610. The van der Waals surface area contributed by atoms with Crippen molar-refractivity contribution in [1.82, 2.24) is 4.90 Å². The molecule has 69 valence electrons. The Morgan fingerprint density at radius 1 is 1.50 bits per heavy atom. The van der Waals surface area contributed by atoms with E-state index in [2.05, 4.69) is 16.7 Å². The van der Waals surface area contributed by atoms with Crippen LogP contribution in [0.15, 0.2) is 0 Å². The molecule has 4 heteroatoms. The van der Waals surface area contributed by atoms with Crippen molar-refractivity contribution < 1.29 is 14.3 Å². The van der Waals surface area contributed by atoms with Gasteiger partial charge in [0.05, 0.1) is 6.10 Å². The van der Waals surface area contributed by atoms with E-state index in [1.165, 1.54) is 6.47 Å². The first-order valence-electron chi connectivity index (χ1n) is 4.12. The molecule has 0 spiro atoms. The Kier molecular flexibility index (Phi) is 4.04. The van der Waals surface area contributed by atoms with Crippen molar-refractivity contribution in [3.05, 3.63) is 0 Å². The normalized spacial score (nSPS) is 20.8. The zero-order valence-corrected chi connectivity index (χ0v) is 7.28. The van der Waals surface area contributed by atoms with Gasteiger partial charge < -0.3 is 14.4 Å². The Morgan fingerprint density at radius 2 is 2.17 bits per heavy atom. The highest BCUT2D eigenvalue weighted by molar-refractivity contribution is 5.37. The van der Waals surface area contributed by atoms with Crippen LogP contribution in [-0.4, -0.2) is 44.4 Å². The first kappa shape index (κ1) is 9.48. The third-order valence-electron chi connectivity index (χ3n) is 2.09. The molecule has 0 unspecified atom stereocenters. The van der Waals surface area contributed by atoms with Gasteiger partial charge >= 0.3 is 6.47 Å². The van der Waals surface area contributed by atoms with Gasteiger partial charge in [-0.05, 0) is 19.9 Å². The predicted molar refractivity (Wildman–Crippen MR) is 43.2 cm³/mol. The van der Waals surface area contributed by atoms with Crippen molar-refractivity contribution in [3.8, 4) is 0 Å². The molecule has 0 aliphatic carbocycles. The summed E-state index contributed by atoms with van der Waals surface area (Å²) in [4.78, 5) is 11.9. The fourth-order valence-corrected chi connectivity index (χ4v) is 1.31. The predicted octanol–water partition coefficient (Wildman–Crippen LogP) is 0.139. The number of carbonyl (C=O) groups excluding carboxylic acids is 1. The lowest BCUT2D eigenvalue weighted by Gasteiger charge is -2.28. The molecule has 1 fully saturated rings. The zero-order valence-electron chi connectivity index (χ0n) is 7.28. The number of nitrogens with zero attached hydrogens (tertiary/aromatic N) is 1. The van der Waals surface area contributed by atoms with Crippen LogP contribution in [0.5, 0.6) is 0 Å². The number of ether oxygens (including phenoxy) is 2. The Balaban J connectivity index is 2.05. The molecule has 12 heavy (non-hydrogen) atoms. The summed E-state index contributed by atoms with van der Waals surface area (Å²) in [6, 6.07) is 0. The fourth-order valence-electron chi connectivity index (χ4n) is 1.31. The van der Waals surface area contributed by atoms with Gasteiger partial charge in [-0.3, -0.25) is 0 Å². The van der Waals surface area contributed by atoms with E-state index in [-0.39, 0.29) is 12.9 Å². The first-order chi connectivity index (χ1) is 5.83. The van der Waals surface area contributed by atoms with Crippen LogP contribution in [0, 0.1) is 0 Å². The summed E-state index contributed by atoms with van der Waals surface area (Å²) in [5, 5.41) is 0. The summed E-state index contributed by atoms with van der Waals surface area (Å²) < 4.78 is 9.58. The second-order valence-electron chi connectivity index (χ2n) is 3.01. The van der Waals surface area contributed by atoms with Crippen molar-refractivity contribution in [3.63, 3.8) is 0 Å². The maximum atomic E-state index is 9.66. The standard InChI is InChI=1S/C8H14NO3/c1-9-4-2-8(3-5-9)12-7-11-6-10/h8H,2-5,7H2,1H3. The summed E-state index contributed by atoms with van der Waals surface area (Å²) in [6.07, 6.45) is 2.27. The molecule has 0 aromatic carbocycles. The van der Waals surface area contributed by atoms with E-state index in [1.54, 1.807) is 0 Å². The highest BCUT2D eigenvalue weighted by Crippen LogP contribution is 2.11. The molecule has 1 saturated heterocycles. The van der Waals surface area contributed by atoms with Gasteiger partial charge in [-0.1, -0.05) is 0 Å². The van der Waals surface area contributed by atoms with E-state index < -0.39 is 0 Å². The zero-order chi connectivity index (χ0) is 8.81. The molecule has 0 amide bonds. The molecule has 1 heterocycles. The molecule has 1 rings (SSSR count). The largest absolute Gasteiger partial charge is 0.430 e. The maximum Gasteiger partial charge on any atom is 0.419 e. The first-order valence-corrected chi connectivity index (χ1v) is 4.12. The fraction of sp³-hybridized carbons (Fsp3) is 0.875. The minimum Gasteiger partial charge on any atom is -0.430 e. The van der Waals surface area contributed by atoms with Crippen LogP contribution in [0.3, 0.4) is 0 Å². The van der Waals surface area contributed by atoms with Crippen molar-refractivity contribution >= 4 is 6.47 Å². The van der Waals surface area contributed by atoms with Crippen LogP contribution >= 0.6 is 0 Å². The van der Waals surface area contributed by atoms with E-state index in [0.29, 0.717) is 0 Å². The van der Waals surface area contributed by atoms with Gasteiger partial charge in [0.1, 0.15) is 0 Å². The van der Waals surface area contributed by atoms with Crippen molar-refractivity contribution in [1.29, 1.82) is 0 Å². The molecule has 0 atom stereocenters. The van der Waals surface area contributed by atoms with Crippen molar-refractivity contribution in [2.45, 2.75) is 18.9 Å². The molecule has 1 aliphatic rings. The molecule has 0 aromatic rings. The second-order valence-corrected chi connectivity index (χ2v) is 3.01. The Bertz CT molecular complexity index is 132. The van der Waals surface area contributed by atoms with E-state index >= 15 is 0 Å². The van der Waals surface area contributed by atoms with Crippen LogP contribution in [0.2, 0.25) is 0 Å². The van der Waals surface area contributed by atoms with Crippen LogP contribution < -0.4 is 0 Å². The number of likely N-dealkylation sites (tertiary alicyclic amines) is 1. The van der Waals surface area contributed by atoms with Gasteiger partial charge in [0.15, 0.2) is 6.79 Å². The van der Waals surface area contributed by atoms with E-state index in [4.69, 9.17) is 4.74 Å². The quantitative estimate of drug-likeness (QED) is 0.446. The highest BCUT2D eigenvalue weighted by Gasteiger charge is 2.16. The number of piperidine rings is 1. The van der Waals surface area contributed by atoms with Gasteiger partial charge in [-0.25, -0.2) is 4.79 Å². The smallest absolute Gasteiger partial charge is 0.419 e. The number of hydrogen-bond donors (Lipinski definition) is 0. The topological polar surface area (TPSA) is 38.8 Å². The summed E-state index contributed by atoms with van der Waals surface area (Å²) in [7, 11) is 2.09. The molecule has 0 bridgehead atoms. The van der Waals surface area contributed by atoms with Crippen LogP contribution in [-0.2, 0) is 14.3 Å². The lowest BCUT2D eigenvalue weighted by atomic mass is 10.1. The molecule has 0 N–H and O–H groups in total. The highest BCUT2D eigenvalue weighted by atomic mass is 16.7. The van der Waals surface area contributed by atoms with Crippen molar-refractivity contribution in [2.75, 3.05) is 26.9 Å². The second kappa shape index (κ2) is 5.11. The molecule has 4 nitrogen and oxygen atoms in total. The van der Waals surface area contributed by atoms with Gasteiger partial charge in [-0.2, -0.15) is 0 Å². The summed E-state index contributed by atoms with van der Waals surface area (Å²) in [6.45, 7) is 3.47.